The Hall–Kier alpha value is -1.72. The molecule has 0 fully saturated rings. The Morgan fingerprint density at radius 2 is 2.22 bits per heavy atom. The van der Waals surface area contributed by atoms with Crippen LogP contribution >= 0.6 is 0 Å². The van der Waals surface area contributed by atoms with Crippen LogP contribution in [0.15, 0.2) is 5.16 Å². The third-order valence-electron chi connectivity index (χ3n) is 2.70. The third kappa shape index (κ3) is 3.38. The first-order valence-electron chi connectivity index (χ1n) is 6.11. The van der Waals surface area contributed by atoms with Gasteiger partial charge in [0.25, 0.3) is 0 Å². The quantitative estimate of drug-likeness (QED) is 0.266. The first-order valence-corrected chi connectivity index (χ1v) is 6.11. The van der Waals surface area contributed by atoms with Crippen LogP contribution in [-0.4, -0.2) is 27.4 Å². The second kappa shape index (κ2) is 6.28. The van der Waals surface area contributed by atoms with Crippen molar-refractivity contribution in [2.75, 3.05) is 6.61 Å². The number of amidine groups is 1. The van der Waals surface area contributed by atoms with Gasteiger partial charge < -0.3 is 15.7 Å². The maximum atomic E-state index is 8.76. The Balaban J connectivity index is 2.75. The topological polar surface area (TPSA) is 85.7 Å². The Bertz CT molecular complexity index is 424. The molecule has 0 saturated carbocycles. The van der Waals surface area contributed by atoms with Crippen molar-refractivity contribution in [3.63, 3.8) is 0 Å². The van der Waals surface area contributed by atoms with Gasteiger partial charge in [-0.25, -0.2) is 4.68 Å². The van der Waals surface area contributed by atoms with E-state index in [9.17, 15) is 0 Å². The number of rotatable bonds is 6. The van der Waals surface area contributed by atoms with Crippen molar-refractivity contribution in [3.8, 4) is 5.88 Å². The average Bonchev–Trinajstić information content (AvgIpc) is 2.58. The molecule has 1 heterocycles. The summed E-state index contributed by atoms with van der Waals surface area (Å²) in [4.78, 5) is 0. The highest BCUT2D eigenvalue weighted by Crippen LogP contribution is 2.21. The van der Waals surface area contributed by atoms with Gasteiger partial charge in [0.15, 0.2) is 5.84 Å². The van der Waals surface area contributed by atoms with Crippen molar-refractivity contribution in [3.05, 3.63) is 11.3 Å². The summed E-state index contributed by atoms with van der Waals surface area (Å²) in [6, 6.07) is 0. The van der Waals surface area contributed by atoms with E-state index in [1.54, 1.807) is 18.7 Å². The molecule has 0 spiro atoms. The van der Waals surface area contributed by atoms with Gasteiger partial charge in [0.2, 0.25) is 5.88 Å². The van der Waals surface area contributed by atoms with E-state index in [1.165, 1.54) is 0 Å². The molecule has 0 bridgehead atoms. The fourth-order valence-electron chi connectivity index (χ4n) is 1.81. The summed E-state index contributed by atoms with van der Waals surface area (Å²) in [6.45, 7) is 6.75. The molecule has 0 radical (unpaired) electrons. The van der Waals surface area contributed by atoms with Gasteiger partial charge >= 0.3 is 0 Å². The van der Waals surface area contributed by atoms with E-state index in [4.69, 9.17) is 15.7 Å². The van der Waals surface area contributed by atoms with Gasteiger partial charge in [-0.05, 0) is 25.7 Å². The van der Waals surface area contributed by atoms with Crippen LogP contribution in [0.3, 0.4) is 0 Å². The predicted molar refractivity (Wildman–Crippen MR) is 70.0 cm³/mol. The minimum atomic E-state index is 0.0273. The minimum absolute atomic E-state index is 0.0273. The maximum Gasteiger partial charge on any atom is 0.223 e. The molecule has 0 saturated heterocycles. The molecule has 6 nitrogen and oxygen atoms in total. The van der Waals surface area contributed by atoms with Crippen molar-refractivity contribution >= 4 is 5.84 Å². The fraction of sp³-hybridized carbons (Fsp3) is 0.667. The average molecular weight is 254 g/mol. The largest absolute Gasteiger partial charge is 0.477 e. The van der Waals surface area contributed by atoms with Crippen molar-refractivity contribution in [1.82, 2.24) is 9.78 Å². The number of aryl methyl sites for hydroxylation is 2. The summed E-state index contributed by atoms with van der Waals surface area (Å²) in [5, 5.41) is 16.0. The summed E-state index contributed by atoms with van der Waals surface area (Å²) in [7, 11) is 1.78. The van der Waals surface area contributed by atoms with E-state index in [0.717, 1.165) is 12.8 Å². The van der Waals surface area contributed by atoms with E-state index in [1.807, 2.05) is 0 Å². The number of oxime groups is 1. The van der Waals surface area contributed by atoms with E-state index in [-0.39, 0.29) is 5.84 Å². The SMILES string of the molecule is Cc1nn(C)c(OCCCC(C)C)c1C(N)=NO. The fourth-order valence-corrected chi connectivity index (χ4v) is 1.81. The van der Waals surface area contributed by atoms with E-state index < -0.39 is 0 Å². The van der Waals surface area contributed by atoms with E-state index >= 15 is 0 Å². The van der Waals surface area contributed by atoms with Gasteiger partial charge in [0.1, 0.15) is 5.56 Å². The molecule has 0 aromatic carbocycles. The van der Waals surface area contributed by atoms with Crippen LogP contribution in [0.25, 0.3) is 0 Å². The molecule has 3 N–H and O–H groups in total. The third-order valence-corrected chi connectivity index (χ3v) is 2.70. The number of hydrogen-bond acceptors (Lipinski definition) is 4. The number of nitrogens with two attached hydrogens (primary N) is 1. The molecule has 1 aromatic rings. The normalized spacial score (nSPS) is 12.2. The lowest BCUT2D eigenvalue weighted by Gasteiger charge is -2.09. The van der Waals surface area contributed by atoms with Gasteiger partial charge in [-0.3, -0.25) is 0 Å². The zero-order valence-corrected chi connectivity index (χ0v) is 11.5. The minimum Gasteiger partial charge on any atom is -0.477 e. The van der Waals surface area contributed by atoms with Crippen molar-refractivity contribution in [1.29, 1.82) is 0 Å². The Labute approximate surface area is 107 Å². The van der Waals surface area contributed by atoms with Gasteiger partial charge in [0.05, 0.1) is 12.3 Å². The Morgan fingerprint density at radius 1 is 1.56 bits per heavy atom. The van der Waals surface area contributed by atoms with Crippen LogP contribution in [-0.2, 0) is 7.05 Å². The molecule has 1 rings (SSSR count). The molecular formula is C12H22N4O2. The highest BCUT2D eigenvalue weighted by atomic mass is 16.5. The van der Waals surface area contributed by atoms with Crippen LogP contribution < -0.4 is 10.5 Å². The number of ether oxygens (including phenoxy) is 1. The van der Waals surface area contributed by atoms with Crippen LogP contribution in [0, 0.1) is 12.8 Å². The Kier molecular flexibility index (Phi) is 5.00. The first kappa shape index (κ1) is 14.3. The molecule has 0 aliphatic heterocycles. The molecule has 0 aliphatic rings. The molecular weight excluding hydrogens is 232 g/mol. The van der Waals surface area contributed by atoms with Gasteiger partial charge in [-0.2, -0.15) is 5.10 Å². The van der Waals surface area contributed by atoms with Crippen LogP contribution in [0.1, 0.15) is 37.9 Å². The van der Waals surface area contributed by atoms with Gasteiger partial charge in [-0.1, -0.05) is 19.0 Å². The van der Waals surface area contributed by atoms with Crippen LogP contribution in [0.2, 0.25) is 0 Å². The van der Waals surface area contributed by atoms with E-state index in [0.29, 0.717) is 29.7 Å². The predicted octanol–water partition coefficient (Wildman–Crippen LogP) is 1.64. The van der Waals surface area contributed by atoms with E-state index in [2.05, 4.69) is 24.1 Å². The Morgan fingerprint density at radius 3 is 2.78 bits per heavy atom. The molecule has 6 heteroatoms. The highest BCUT2D eigenvalue weighted by molar-refractivity contribution is 6.00. The highest BCUT2D eigenvalue weighted by Gasteiger charge is 2.18. The molecule has 18 heavy (non-hydrogen) atoms. The van der Waals surface area contributed by atoms with Crippen LogP contribution in [0.4, 0.5) is 0 Å². The summed E-state index contributed by atoms with van der Waals surface area (Å²) in [5.41, 5.74) is 6.87. The number of nitrogens with zero attached hydrogens (tertiary/aromatic N) is 3. The standard InChI is InChI=1S/C12H22N4O2/c1-8(2)6-5-7-18-12-10(11(13)15-17)9(3)14-16(12)4/h8,17H,5-7H2,1-4H3,(H2,13,15). The molecule has 0 amide bonds. The smallest absolute Gasteiger partial charge is 0.223 e. The van der Waals surface area contributed by atoms with Crippen molar-refractivity contribution < 1.29 is 9.94 Å². The molecule has 0 unspecified atom stereocenters. The summed E-state index contributed by atoms with van der Waals surface area (Å²) >= 11 is 0. The number of hydrogen-bond donors (Lipinski definition) is 2. The number of aromatic nitrogens is 2. The second-order valence-electron chi connectivity index (χ2n) is 4.76. The monoisotopic (exact) mass is 254 g/mol. The van der Waals surface area contributed by atoms with Crippen molar-refractivity contribution in [2.45, 2.75) is 33.6 Å². The lowest BCUT2D eigenvalue weighted by atomic mass is 10.1. The lowest BCUT2D eigenvalue weighted by Crippen LogP contribution is -2.16. The zero-order chi connectivity index (χ0) is 13.7. The molecule has 102 valence electrons. The molecule has 1 aromatic heterocycles. The van der Waals surface area contributed by atoms with Gasteiger partial charge in [0, 0.05) is 7.05 Å². The van der Waals surface area contributed by atoms with Crippen molar-refractivity contribution in [2.24, 2.45) is 23.9 Å². The summed E-state index contributed by atoms with van der Waals surface area (Å²) < 4.78 is 7.30. The van der Waals surface area contributed by atoms with Gasteiger partial charge in [-0.15, -0.1) is 0 Å². The summed E-state index contributed by atoms with van der Waals surface area (Å²) in [5.74, 6) is 1.23. The maximum absolute atomic E-state index is 8.76. The lowest BCUT2D eigenvalue weighted by molar-refractivity contribution is 0.273. The first-order chi connectivity index (χ1) is 8.47. The van der Waals surface area contributed by atoms with Crippen LogP contribution in [0.5, 0.6) is 5.88 Å². The summed E-state index contributed by atoms with van der Waals surface area (Å²) in [6.07, 6.45) is 2.08. The zero-order valence-electron chi connectivity index (χ0n) is 11.5. The molecule has 0 aliphatic carbocycles. The second-order valence-corrected chi connectivity index (χ2v) is 4.76. The molecule has 0 atom stereocenters.